The molecule has 0 saturated heterocycles. The van der Waals surface area contributed by atoms with Crippen LogP contribution in [-0.2, 0) is 6.54 Å². The van der Waals surface area contributed by atoms with E-state index in [-0.39, 0.29) is 24.0 Å². The van der Waals surface area contributed by atoms with E-state index in [4.69, 9.17) is 0 Å². The van der Waals surface area contributed by atoms with Gasteiger partial charge in [-0.2, -0.15) is 4.57 Å². The van der Waals surface area contributed by atoms with Crippen LogP contribution in [0.25, 0.3) is 27.1 Å². The van der Waals surface area contributed by atoms with Gasteiger partial charge in [-0.3, -0.25) is 0 Å². The minimum atomic E-state index is 0. The van der Waals surface area contributed by atoms with Gasteiger partial charge in [0.05, 0.1) is 5.39 Å². The predicted octanol–water partition coefficient (Wildman–Crippen LogP) is 0.898. The number of fused-ring (bicyclic) bond motifs is 3. The first kappa shape index (κ1) is 16.2. The molecule has 4 heteroatoms. The lowest BCUT2D eigenvalue weighted by molar-refractivity contribution is -0.664. The highest BCUT2D eigenvalue weighted by Crippen LogP contribution is 2.28. The lowest BCUT2D eigenvalue weighted by atomic mass is 10.1. The molecule has 0 aliphatic carbocycles. The van der Waals surface area contributed by atoms with Crippen molar-refractivity contribution in [2.24, 2.45) is 0 Å². The fourth-order valence-electron chi connectivity index (χ4n) is 2.52. The third-order valence-electron chi connectivity index (χ3n) is 3.45. The molecule has 0 aliphatic rings. The Morgan fingerprint density at radius 3 is 2.62 bits per heavy atom. The largest absolute Gasteiger partial charge is 1.00 e. The monoisotopic (exact) mass is 410 g/mol. The maximum absolute atomic E-state index is 2.41. The smallest absolute Gasteiger partial charge is 0.264 e. The number of halogens is 1. The summed E-state index contributed by atoms with van der Waals surface area (Å²) in [6.45, 7) is 3.20. The molecule has 0 spiro atoms. The molecule has 110 valence electrons. The predicted molar refractivity (Wildman–Crippen MR) is 87.9 cm³/mol. The lowest BCUT2D eigenvalue weighted by Gasteiger charge is -2.01. The zero-order valence-corrected chi connectivity index (χ0v) is 15.5. The Morgan fingerprint density at radius 2 is 1.90 bits per heavy atom. The molecule has 1 heterocycles. The van der Waals surface area contributed by atoms with Gasteiger partial charge in [0, 0.05) is 26.4 Å². The third-order valence-corrected chi connectivity index (χ3v) is 4.56. The minimum absolute atomic E-state index is 0. The Labute approximate surface area is 146 Å². The van der Waals surface area contributed by atoms with Crippen molar-refractivity contribution < 1.29 is 28.5 Å². The summed E-state index contributed by atoms with van der Waals surface area (Å²) in [5, 5.41) is 3.95. The maximum atomic E-state index is 2.41. The first-order valence-electron chi connectivity index (χ1n) is 6.89. The Hall–Kier alpha value is -1.14. The summed E-state index contributed by atoms with van der Waals surface area (Å²) in [5.41, 5.74) is 1.36. The van der Waals surface area contributed by atoms with E-state index in [0.717, 1.165) is 6.54 Å². The zero-order chi connectivity index (χ0) is 14.1. The van der Waals surface area contributed by atoms with Crippen LogP contribution in [0, 0.1) is 0 Å². The number of rotatable bonds is 3. The van der Waals surface area contributed by atoms with Crippen LogP contribution in [0.15, 0.2) is 42.6 Å². The van der Waals surface area contributed by atoms with E-state index in [9.17, 15) is 0 Å². The van der Waals surface area contributed by atoms with Crippen LogP contribution in [0.3, 0.4) is 0 Å². The Balaban J connectivity index is 0.00000161. The van der Waals surface area contributed by atoms with E-state index in [1.54, 1.807) is 0 Å². The molecule has 3 aromatic rings. The molecule has 21 heavy (non-hydrogen) atoms. The molecule has 2 aromatic carbocycles. The van der Waals surface area contributed by atoms with Crippen LogP contribution >= 0.6 is 11.3 Å². The first-order valence-corrected chi connectivity index (χ1v) is 7.71. The summed E-state index contributed by atoms with van der Waals surface area (Å²) in [7, 11) is 4.10. The quantitative estimate of drug-likeness (QED) is 0.460. The van der Waals surface area contributed by atoms with Crippen molar-refractivity contribution in [2.75, 3.05) is 14.1 Å². The molecule has 0 unspecified atom stereocenters. The van der Waals surface area contributed by atoms with Crippen molar-refractivity contribution in [1.29, 1.82) is 0 Å². The molecule has 1 aromatic heterocycles. The minimum Gasteiger partial charge on any atom is -1.00 e. The van der Waals surface area contributed by atoms with Gasteiger partial charge in [-0.25, -0.2) is 0 Å². The molecule has 0 atom stereocenters. The zero-order valence-electron chi connectivity index (χ0n) is 12.5. The van der Waals surface area contributed by atoms with Crippen LogP contribution in [-0.4, -0.2) is 19.0 Å². The summed E-state index contributed by atoms with van der Waals surface area (Å²) in [6.07, 6.45) is 4.31. The highest BCUT2D eigenvalue weighted by atomic mass is 127. The molecule has 0 saturated carbocycles. The van der Waals surface area contributed by atoms with E-state index in [1.165, 1.54) is 26.0 Å². The molecule has 0 radical (unpaired) electrons. The SMILES string of the molecule is CC[n+]1c(/C=C/N(C)C)sc2ccc3ccccc3c21.[I-]. The second kappa shape index (κ2) is 6.75. The van der Waals surface area contributed by atoms with Gasteiger partial charge in [-0.05, 0) is 24.4 Å². The van der Waals surface area contributed by atoms with Crippen LogP contribution in [0.4, 0.5) is 0 Å². The number of thiazole rings is 1. The molecule has 0 fully saturated rings. The Kier molecular flexibility index (Phi) is 5.22. The van der Waals surface area contributed by atoms with Crippen molar-refractivity contribution in [3.05, 3.63) is 47.6 Å². The normalized spacial score (nSPS) is 11.2. The lowest BCUT2D eigenvalue weighted by Crippen LogP contribution is -3.00. The van der Waals surface area contributed by atoms with Crippen LogP contribution < -0.4 is 28.5 Å². The summed E-state index contributed by atoms with van der Waals surface area (Å²) in [6, 6.07) is 13.1. The topological polar surface area (TPSA) is 7.12 Å². The summed E-state index contributed by atoms with van der Waals surface area (Å²) in [5.74, 6) is 0. The van der Waals surface area contributed by atoms with Gasteiger partial charge in [0.25, 0.3) is 5.01 Å². The molecule has 0 bridgehead atoms. The first-order chi connectivity index (χ1) is 9.70. The highest BCUT2D eigenvalue weighted by Gasteiger charge is 2.19. The fourth-order valence-corrected chi connectivity index (χ4v) is 3.66. The number of hydrogen-bond acceptors (Lipinski definition) is 2. The highest BCUT2D eigenvalue weighted by molar-refractivity contribution is 7.19. The van der Waals surface area contributed by atoms with E-state index < -0.39 is 0 Å². The van der Waals surface area contributed by atoms with Crippen molar-refractivity contribution in [2.45, 2.75) is 13.5 Å². The number of hydrogen-bond donors (Lipinski definition) is 0. The van der Waals surface area contributed by atoms with Gasteiger partial charge in [-0.15, -0.1) is 0 Å². The van der Waals surface area contributed by atoms with E-state index in [2.05, 4.69) is 79.2 Å². The Bertz CT molecular complexity index is 790. The second-order valence-corrected chi connectivity index (χ2v) is 6.16. The molecular formula is C17H19IN2S. The van der Waals surface area contributed by atoms with Crippen molar-refractivity contribution in [3.63, 3.8) is 0 Å². The van der Waals surface area contributed by atoms with Gasteiger partial charge >= 0.3 is 0 Å². The summed E-state index contributed by atoms with van der Waals surface area (Å²) >= 11 is 1.85. The fraction of sp³-hybridized carbons (Fsp3) is 0.235. The molecule has 3 rings (SSSR count). The standard InChI is InChI=1S/C17H19N2S.HI/c1-4-19-16(11-12-18(2)3)20-15-10-9-13-7-5-6-8-14(13)17(15)19;/h5-12H,4H2,1-3H3;1H/q+1;/p-1. The van der Waals surface area contributed by atoms with Gasteiger partial charge < -0.3 is 28.9 Å². The van der Waals surface area contributed by atoms with Crippen molar-refractivity contribution in [3.8, 4) is 0 Å². The van der Waals surface area contributed by atoms with Crippen molar-refractivity contribution in [1.82, 2.24) is 4.90 Å². The van der Waals surface area contributed by atoms with Gasteiger partial charge in [0.15, 0.2) is 0 Å². The molecule has 0 amide bonds. The third kappa shape index (κ3) is 3.06. The number of aryl methyl sites for hydroxylation is 1. The molecule has 2 nitrogen and oxygen atoms in total. The average molecular weight is 410 g/mol. The van der Waals surface area contributed by atoms with E-state index in [1.807, 2.05) is 11.3 Å². The maximum Gasteiger partial charge on any atom is 0.264 e. The van der Waals surface area contributed by atoms with Gasteiger partial charge in [0.2, 0.25) is 5.52 Å². The summed E-state index contributed by atoms with van der Waals surface area (Å²) < 4.78 is 3.76. The molecular weight excluding hydrogens is 391 g/mol. The van der Waals surface area contributed by atoms with Crippen molar-refractivity contribution >= 4 is 38.4 Å². The van der Waals surface area contributed by atoms with Crippen LogP contribution in [0.1, 0.15) is 11.9 Å². The van der Waals surface area contributed by atoms with Gasteiger partial charge in [0.1, 0.15) is 11.2 Å². The van der Waals surface area contributed by atoms with Crippen LogP contribution in [0.5, 0.6) is 0 Å². The van der Waals surface area contributed by atoms with Gasteiger partial charge in [-0.1, -0.05) is 35.6 Å². The van der Waals surface area contributed by atoms with E-state index in [0.29, 0.717) is 0 Å². The van der Waals surface area contributed by atoms with Crippen LogP contribution in [0.2, 0.25) is 0 Å². The summed E-state index contributed by atoms with van der Waals surface area (Å²) in [4.78, 5) is 2.07. The Morgan fingerprint density at radius 1 is 1.14 bits per heavy atom. The number of benzene rings is 2. The second-order valence-electron chi connectivity index (χ2n) is 5.10. The van der Waals surface area contributed by atoms with E-state index >= 15 is 0 Å². The molecule has 0 aliphatic heterocycles. The number of nitrogens with zero attached hydrogens (tertiary/aromatic N) is 2. The average Bonchev–Trinajstić information content (AvgIpc) is 2.83. The molecule has 0 N–H and O–H groups in total. The number of aromatic nitrogens is 1.